The SMILES string of the molecule is CCC/C=C/C/C=C/C/C=C/C/C=C/CCCCCC(=O)OC[C@H](COP(=O)(O)OC[C@H](N)C(=O)O)OC(=O)CCCCC/C=C/C/C=C/C/C=C/C/C=C/CCC. The summed E-state index contributed by atoms with van der Waals surface area (Å²) in [5.74, 6) is -2.48. The highest BCUT2D eigenvalue weighted by Crippen LogP contribution is 2.43. The number of rotatable bonds is 38. The molecule has 58 heavy (non-hydrogen) atoms. The molecule has 0 bridgehead atoms. The van der Waals surface area contributed by atoms with Crippen molar-refractivity contribution in [3.8, 4) is 0 Å². The third kappa shape index (κ3) is 39.2. The molecule has 0 fully saturated rings. The van der Waals surface area contributed by atoms with Gasteiger partial charge in [-0.15, -0.1) is 0 Å². The molecule has 0 aliphatic carbocycles. The van der Waals surface area contributed by atoms with Crippen molar-refractivity contribution >= 4 is 25.7 Å². The van der Waals surface area contributed by atoms with Crippen LogP contribution in [-0.2, 0) is 37.5 Å². The van der Waals surface area contributed by atoms with Crippen LogP contribution in [0.1, 0.15) is 142 Å². The lowest BCUT2D eigenvalue weighted by atomic mass is 10.1. The number of carboxylic acids is 1. The summed E-state index contributed by atoms with van der Waals surface area (Å²) in [6, 6.07) is -1.54. The first kappa shape index (κ1) is 54.4. The van der Waals surface area contributed by atoms with Gasteiger partial charge in [0, 0.05) is 12.8 Å². The number of carbonyl (C=O) groups is 3. The fourth-order valence-electron chi connectivity index (χ4n) is 4.93. The third-order valence-corrected chi connectivity index (χ3v) is 9.22. The van der Waals surface area contributed by atoms with E-state index in [0.29, 0.717) is 12.8 Å². The van der Waals surface area contributed by atoms with Crippen LogP contribution in [0, 0.1) is 0 Å². The number of phosphoric ester groups is 1. The second kappa shape index (κ2) is 40.2. The van der Waals surface area contributed by atoms with Crippen molar-refractivity contribution in [2.75, 3.05) is 19.8 Å². The van der Waals surface area contributed by atoms with Gasteiger partial charge < -0.3 is 25.2 Å². The van der Waals surface area contributed by atoms with Crippen LogP contribution >= 0.6 is 7.82 Å². The minimum atomic E-state index is -4.74. The number of hydrogen-bond donors (Lipinski definition) is 3. The van der Waals surface area contributed by atoms with E-state index in [2.05, 4.69) is 116 Å². The fraction of sp³-hybridized carbons (Fsp3) is 0.587. The number of hydrogen-bond acceptors (Lipinski definition) is 9. The Morgan fingerprint density at radius 2 is 0.914 bits per heavy atom. The zero-order valence-electron chi connectivity index (χ0n) is 35.3. The molecular formula is C46H74NO10P. The highest BCUT2D eigenvalue weighted by molar-refractivity contribution is 7.47. The fourth-order valence-corrected chi connectivity index (χ4v) is 5.71. The molecule has 0 rings (SSSR count). The Hall–Kier alpha value is -3.60. The minimum Gasteiger partial charge on any atom is -0.480 e. The van der Waals surface area contributed by atoms with Gasteiger partial charge in [0.25, 0.3) is 0 Å². The van der Waals surface area contributed by atoms with Crippen molar-refractivity contribution in [2.45, 2.75) is 154 Å². The molecule has 0 aromatic heterocycles. The van der Waals surface area contributed by atoms with Gasteiger partial charge in [0.15, 0.2) is 6.10 Å². The predicted molar refractivity (Wildman–Crippen MR) is 235 cm³/mol. The highest BCUT2D eigenvalue weighted by Gasteiger charge is 2.28. The summed E-state index contributed by atoms with van der Waals surface area (Å²) in [5.41, 5.74) is 5.33. The van der Waals surface area contributed by atoms with Gasteiger partial charge >= 0.3 is 25.7 Å². The first-order valence-corrected chi connectivity index (χ1v) is 22.8. The van der Waals surface area contributed by atoms with Crippen LogP contribution < -0.4 is 5.73 Å². The zero-order valence-corrected chi connectivity index (χ0v) is 36.2. The number of esters is 2. The number of carbonyl (C=O) groups excluding carboxylic acids is 2. The van der Waals surface area contributed by atoms with Crippen LogP contribution in [0.5, 0.6) is 0 Å². The Balaban J connectivity index is 4.53. The van der Waals surface area contributed by atoms with Gasteiger partial charge in [-0.1, -0.05) is 137 Å². The topological polar surface area (TPSA) is 172 Å². The molecule has 0 aliphatic heterocycles. The molecule has 3 atom stereocenters. The summed E-state index contributed by atoms with van der Waals surface area (Å²) in [6.45, 7) is 2.58. The van der Waals surface area contributed by atoms with Crippen LogP contribution in [0.15, 0.2) is 97.2 Å². The van der Waals surface area contributed by atoms with Crippen LogP contribution in [0.25, 0.3) is 0 Å². The van der Waals surface area contributed by atoms with E-state index in [4.69, 9.17) is 24.8 Å². The molecule has 0 saturated heterocycles. The van der Waals surface area contributed by atoms with Crippen LogP contribution in [0.2, 0.25) is 0 Å². The van der Waals surface area contributed by atoms with Crippen molar-refractivity contribution in [3.63, 3.8) is 0 Å². The number of allylic oxidation sites excluding steroid dienone is 16. The quantitative estimate of drug-likeness (QED) is 0.0234. The summed E-state index contributed by atoms with van der Waals surface area (Å²) in [4.78, 5) is 45.9. The van der Waals surface area contributed by atoms with Crippen molar-refractivity contribution in [2.24, 2.45) is 5.73 Å². The molecule has 0 aromatic carbocycles. The summed E-state index contributed by atoms with van der Waals surface area (Å²) in [7, 11) is -4.74. The van der Waals surface area contributed by atoms with Crippen molar-refractivity contribution in [3.05, 3.63) is 97.2 Å². The largest absolute Gasteiger partial charge is 0.480 e. The van der Waals surface area contributed by atoms with E-state index in [9.17, 15) is 23.8 Å². The first-order valence-electron chi connectivity index (χ1n) is 21.3. The van der Waals surface area contributed by atoms with Gasteiger partial charge in [-0.05, 0) is 89.9 Å². The van der Waals surface area contributed by atoms with Crippen LogP contribution in [0.3, 0.4) is 0 Å². The second-order valence-corrected chi connectivity index (χ2v) is 15.2. The maximum absolute atomic E-state index is 12.6. The Labute approximate surface area is 349 Å². The molecule has 0 aliphatic rings. The molecule has 0 saturated carbocycles. The molecule has 12 heteroatoms. The van der Waals surface area contributed by atoms with E-state index in [1.807, 2.05) is 0 Å². The monoisotopic (exact) mass is 832 g/mol. The zero-order chi connectivity index (χ0) is 42.8. The average Bonchev–Trinajstić information content (AvgIpc) is 3.20. The summed E-state index contributed by atoms with van der Waals surface area (Å²) in [5, 5.41) is 8.89. The van der Waals surface area contributed by atoms with E-state index >= 15 is 0 Å². The molecule has 328 valence electrons. The number of ether oxygens (including phenoxy) is 2. The molecule has 0 spiro atoms. The number of phosphoric acid groups is 1. The molecule has 0 radical (unpaired) electrons. The molecule has 0 aromatic rings. The van der Waals surface area contributed by atoms with E-state index in [0.717, 1.165) is 89.9 Å². The summed E-state index contributed by atoms with van der Waals surface area (Å²) >= 11 is 0. The molecule has 1 unspecified atom stereocenters. The Kier molecular flexibility index (Phi) is 37.7. The van der Waals surface area contributed by atoms with Gasteiger partial charge in [0.1, 0.15) is 12.6 Å². The second-order valence-electron chi connectivity index (χ2n) is 13.8. The lowest BCUT2D eigenvalue weighted by Gasteiger charge is -2.20. The molecular weight excluding hydrogens is 757 g/mol. The Bertz CT molecular complexity index is 1350. The average molecular weight is 832 g/mol. The van der Waals surface area contributed by atoms with Gasteiger partial charge in [0.05, 0.1) is 13.2 Å². The van der Waals surface area contributed by atoms with Gasteiger partial charge in [-0.25, -0.2) is 4.57 Å². The van der Waals surface area contributed by atoms with Crippen molar-refractivity contribution in [1.82, 2.24) is 0 Å². The smallest absolute Gasteiger partial charge is 0.472 e. The lowest BCUT2D eigenvalue weighted by molar-refractivity contribution is -0.161. The molecule has 11 nitrogen and oxygen atoms in total. The van der Waals surface area contributed by atoms with Gasteiger partial charge in [-0.2, -0.15) is 0 Å². The normalized spacial score (nSPS) is 14.7. The lowest BCUT2D eigenvalue weighted by Crippen LogP contribution is -2.34. The van der Waals surface area contributed by atoms with Crippen LogP contribution in [0.4, 0.5) is 0 Å². The number of nitrogens with two attached hydrogens (primary N) is 1. The summed E-state index contributed by atoms with van der Waals surface area (Å²) < 4.78 is 32.6. The third-order valence-electron chi connectivity index (χ3n) is 8.27. The van der Waals surface area contributed by atoms with E-state index in [1.54, 1.807) is 0 Å². The predicted octanol–water partition coefficient (Wildman–Crippen LogP) is 11.3. The number of unbranched alkanes of at least 4 members (excludes halogenated alkanes) is 8. The molecule has 4 N–H and O–H groups in total. The first-order chi connectivity index (χ1) is 28.1. The van der Waals surface area contributed by atoms with E-state index < -0.39 is 51.1 Å². The van der Waals surface area contributed by atoms with E-state index in [-0.39, 0.29) is 19.4 Å². The van der Waals surface area contributed by atoms with Gasteiger partial charge in [0.2, 0.25) is 0 Å². The van der Waals surface area contributed by atoms with Crippen LogP contribution in [-0.4, -0.2) is 59.9 Å². The standard InChI is InChI=1S/C46H74NO10P/c1-3-5-7-9-11-13-15-17-19-21-23-25-27-29-31-33-35-37-44(48)54-39-42(40-55-58(52,53)56-41-43(47)46(50)51)57-45(49)38-36-34-32-30-28-26-24-22-20-18-16-14-12-10-8-6-4-2/h7-10,13-16,19-22,25-28,42-43H,3-6,11-12,17-18,23-24,29-41,47H2,1-2H3,(H,50,51)(H,52,53)/b9-7+,10-8+,15-13+,16-14+,21-19+,22-20+,27-25+,28-26+/t42-,43+/m1/s1. The number of carboxylic acid groups (broad SMARTS) is 1. The Morgan fingerprint density at radius 1 is 0.534 bits per heavy atom. The Morgan fingerprint density at radius 3 is 1.33 bits per heavy atom. The van der Waals surface area contributed by atoms with E-state index in [1.165, 1.54) is 12.8 Å². The minimum absolute atomic E-state index is 0.110. The number of aliphatic carboxylic acids is 1. The maximum Gasteiger partial charge on any atom is 0.472 e. The van der Waals surface area contributed by atoms with Crippen molar-refractivity contribution < 1.29 is 47.5 Å². The molecule has 0 amide bonds. The van der Waals surface area contributed by atoms with Crippen molar-refractivity contribution in [1.29, 1.82) is 0 Å². The molecule has 0 heterocycles. The highest BCUT2D eigenvalue weighted by atomic mass is 31.2. The summed E-state index contributed by atoms with van der Waals surface area (Å²) in [6.07, 6.45) is 50.4. The van der Waals surface area contributed by atoms with Gasteiger partial charge in [-0.3, -0.25) is 23.4 Å². The maximum atomic E-state index is 12.6.